The van der Waals surface area contributed by atoms with E-state index in [2.05, 4.69) is 100 Å². The van der Waals surface area contributed by atoms with Gasteiger partial charge in [-0.1, -0.05) is 72.8 Å². The summed E-state index contributed by atoms with van der Waals surface area (Å²) in [6.07, 6.45) is 0. The van der Waals surface area contributed by atoms with E-state index in [0.717, 1.165) is 0 Å². The molecule has 0 N–H and O–H groups in total. The summed E-state index contributed by atoms with van der Waals surface area (Å²) in [6, 6.07) is 25.8. The van der Waals surface area contributed by atoms with E-state index >= 15 is 0 Å². The second-order valence-electron chi connectivity index (χ2n) is 9.70. The minimum atomic E-state index is 0.571. The van der Waals surface area contributed by atoms with E-state index < -0.39 is 0 Å². The van der Waals surface area contributed by atoms with Crippen LogP contribution >= 0.6 is 23.2 Å². The highest BCUT2D eigenvalue weighted by Gasteiger charge is 2.09. The minimum absolute atomic E-state index is 0.571. The highest BCUT2D eigenvalue weighted by atomic mass is 35.5. The topological polar surface area (TPSA) is 18.5 Å². The van der Waals surface area contributed by atoms with Crippen LogP contribution in [-0.4, -0.2) is 14.2 Å². The molecule has 200 valence electrons. The molecule has 0 fully saturated rings. The van der Waals surface area contributed by atoms with Gasteiger partial charge >= 0.3 is 0 Å². The Balaban J connectivity index is 0.000000212. The standard InChI is InChI=1S/C18H20Cl2.C16H18O2/c1-11-5-15(6-12(2)17(11)9-19)16-7-13(3)18(10-20)14(4)8-16;1-17-11-13-3-7-15(8-4-13)16-9-5-14(6-10-16)12-18-2/h5-8H,9-10H2,1-4H3;3-10H,11-12H2,1-2H3. The van der Waals surface area contributed by atoms with Crippen LogP contribution in [-0.2, 0) is 34.4 Å². The van der Waals surface area contributed by atoms with Gasteiger partial charge in [-0.25, -0.2) is 0 Å². The normalized spacial score (nSPS) is 10.7. The van der Waals surface area contributed by atoms with E-state index in [1.165, 1.54) is 66.8 Å². The second kappa shape index (κ2) is 14.5. The smallest absolute Gasteiger partial charge is 0.0713 e. The highest BCUT2D eigenvalue weighted by Crippen LogP contribution is 2.30. The predicted octanol–water partition coefficient (Wildman–Crippen LogP) is 9.71. The molecule has 4 rings (SSSR count). The van der Waals surface area contributed by atoms with Gasteiger partial charge < -0.3 is 9.47 Å². The van der Waals surface area contributed by atoms with Crippen LogP contribution in [0.5, 0.6) is 0 Å². The molecule has 0 aliphatic carbocycles. The molecule has 0 unspecified atom stereocenters. The Kier molecular flexibility index (Phi) is 11.4. The number of hydrogen-bond donors (Lipinski definition) is 0. The summed E-state index contributed by atoms with van der Waals surface area (Å²) >= 11 is 12.0. The molecule has 0 radical (unpaired) electrons. The van der Waals surface area contributed by atoms with Gasteiger partial charge in [0.1, 0.15) is 0 Å². The summed E-state index contributed by atoms with van der Waals surface area (Å²) < 4.78 is 10.2. The Bertz CT molecular complexity index is 1170. The quantitative estimate of drug-likeness (QED) is 0.204. The van der Waals surface area contributed by atoms with Crippen LogP contribution in [0.15, 0.2) is 72.8 Å². The first-order valence-electron chi connectivity index (χ1n) is 12.8. The number of alkyl halides is 2. The summed E-state index contributed by atoms with van der Waals surface area (Å²) in [5.74, 6) is 1.14. The summed E-state index contributed by atoms with van der Waals surface area (Å²) in [4.78, 5) is 0. The van der Waals surface area contributed by atoms with Gasteiger partial charge in [0.2, 0.25) is 0 Å². The van der Waals surface area contributed by atoms with Crippen molar-refractivity contribution in [1.29, 1.82) is 0 Å². The van der Waals surface area contributed by atoms with Crippen molar-refractivity contribution < 1.29 is 9.47 Å². The van der Waals surface area contributed by atoms with E-state index in [-0.39, 0.29) is 0 Å². The molecule has 0 heterocycles. The van der Waals surface area contributed by atoms with E-state index in [9.17, 15) is 0 Å². The zero-order valence-electron chi connectivity index (χ0n) is 23.3. The molecular formula is C34H38Cl2O2. The largest absolute Gasteiger partial charge is 0.380 e. The van der Waals surface area contributed by atoms with Gasteiger partial charge in [0.15, 0.2) is 0 Å². The van der Waals surface area contributed by atoms with Crippen LogP contribution in [0.1, 0.15) is 44.5 Å². The number of benzene rings is 4. The molecule has 4 aromatic rings. The van der Waals surface area contributed by atoms with E-state index in [1.54, 1.807) is 14.2 Å². The Morgan fingerprint density at radius 2 is 0.763 bits per heavy atom. The molecule has 2 nitrogen and oxygen atoms in total. The van der Waals surface area contributed by atoms with E-state index in [1.807, 2.05) is 0 Å². The third kappa shape index (κ3) is 7.71. The maximum Gasteiger partial charge on any atom is 0.0713 e. The predicted molar refractivity (Wildman–Crippen MR) is 163 cm³/mol. The summed E-state index contributed by atoms with van der Waals surface area (Å²) in [5, 5.41) is 0. The van der Waals surface area contributed by atoms with Gasteiger partial charge in [0, 0.05) is 26.0 Å². The number of hydrogen-bond acceptors (Lipinski definition) is 2. The lowest BCUT2D eigenvalue weighted by molar-refractivity contribution is 0.185. The number of halogens is 2. The third-order valence-electron chi connectivity index (χ3n) is 6.86. The van der Waals surface area contributed by atoms with E-state index in [4.69, 9.17) is 32.7 Å². The fraction of sp³-hybridized carbons (Fsp3) is 0.294. The average Bonchev–Trinajstić information content (AvgIpc) is 2.90. The summed E-state index contributed by atoms with van der Waals surface area (Å²) in [5.41, 5.74) is 14.8. The van der Waals surface area contributed by atoms with Crippen LogP contribution < -0.4 is 0 Å². The Morgan fingerprint density at radius 1 is 0.474 bits per heavy atom. The average molecular weight is 550 g/mol. The Labute approximate surface area is 238 Å². The molecule has 0 aromatic heterocycles. The first-order chi connectivity index (χ1) is 18.3. The number of aryl methyl sites for hydroxylation is 4. The first kappa shape index (κ1) is 29.9. The summed E-state index contributed by atoms with van der Waals surface area (Å²) in [6.45, 7) is 9.82. The van der Waals surface area contributed by atoms with Crippen molar-refractivity contribution in [3.63, 3.8) is 0 Å². The maximum absolute atomic E-state index is 6.01. The highest BCUT2D eigenvalue weighted by molar-refractivity contribution is 6.17. The maximum atomic E-state index is 6.01. The van der Waals surface area contributed by atoms with E-state index in [0.29, 0.717) is 25.0 Å². The molecule has 0 aliphatic heterocycles. The first-order valence-corrected chi connectivity index (χ1v) is 13.9. The molecule has 4 aromatic carbocycles. The molecule has 0 spiro atoms. The van der Waals surface area contributed by atoms with Crippen LogP contribution in [0.4, 0.5) is 0 Å². The van der Waals surface area contributed by atoms with Gasteiger partial charge in [-0.3, -0.25) is 0 Å². The monoisotopic (exact) mass is 548 g/mol. The summed E-state index contributed by atoms with van der Waals surface area (Å²) in [7, 11) is 3.42. The SMILES string of the molecule is COCc1ccc(-c2ccc(COC)cc2)cc1.Cc1cc(-c2cc(C)c(CCl)c(C)c2)cc(C)c1CCl. The lowest BCUT2D eigenvalue weighted by Gasteiger charge is -2.14. The van der Waals surface area contributed by atoms with Crippen molar-refractivity contribution in [1.82, 2.24) is 0 Å². The van der Waals surface area contributed by atoms with Crippen molar-refractivity contribution in [3.05, 3.63) is 117 Å². The van der Waals surface area contributed by atoms with Crippen LogP contribution in [0.25, 0.3) is 22.3 Å². The molecule has 0 saturated heterocycles. The number of ether oxygens (including phenoxy) is 2. The van der Waals surface area contributed by atoms with Crippen LogP contribution in [0.3, 0.4) is 0 Å². The van der Waals surface area contributed by atoms with Crippen molar-refractivity contribution in [3.8, 4) is 22.3 Å². The number of methoxy groups -OCH3 is 2. The van der Waals surface area contributed by atoms with Crippen molar-refractivity contribution in [2.45, 2.75) is 52.7 Å². The second-order valence-corrected chi connectivity index (χ2v) is 10.2. The number of rotatable bonds is 8. The molecular weight excluding hydrogens is 511 g/mol. The fourth-order valence-corrected chi connectivity index (χ4v) is 5.51. The molecule has 0 atom stereocenters. The van der Waals surface area contributed by atoms with Crippen molar-refractivity contribution in [2.75, 3.05) is 14.2 Å². The minimum Gasteiger partial charge on any atom is -0.380 e. The Morgan fingerprint density at radius 3 is 1.00 bits per heavy atom. The van der Waals surface area contributed by atoms with Gasteiger partial charge in [0.25, 0.3) is 0 Å². The van der Waals surface area contributed by atoms with Gasteiger partial charge in [-0.2, -0.15) is 0 Å². The molecule has 4 heteroatoms. The van der Waals surface area contributed by atoms with Crippen molar-refractivity contribution in [2.24, 2.45) is 0 Å². The van der Waals surface area contributed by atoms with Crippen LogP contribution in [0, 0.1) is 27.7 Å². The molecule has 0 bridgehead atoms. The fourth-order valence-electron chi connectivity index (χ4n) is 4.66. The van der Waals surface area contributed by atoms with Gasteiger partial charge in [-0.05, 0) is 94.5 Å². The van der Waals surface area contributed by atoms with Crippen molar-refractivity contribution >= 4 is 23.2 Å². The molecule has 0 amide bonds. The molecule has 38 heavy (non-hydrogen) atoms. The molecule has 0 saturated carbocycles. The third-order valence-corrected chi connectivity index (χ3v) is 7.39. The lowest BCUT2D eigenvalue weighted by Crippen LogP contribution is -1.95. The molecule has 0 aliphatic rings. The zero-order chi connectivity index (χ0) is 27.7. The van der Waals surface area contributed by atoms with Crippen LogP contribution in [0.2, 0.25) is 0 Å². The lowest BCUT2D eigenvalue weighted by atomic mass is 9.93. The Hall–Kier alpha value is -2.62. The van der Waals surface area contributed by atoms with Gasteiger partial charge in [0.05, 0.1) is 13.2 Å². The van der Waals surface area contributed by atoms with Gasteiger partial charge in [-0.15, -0.1) is 23.2 Å². The zero-order valence-corrected chi connectivity index (χ0v) is 24.8.